The van der Waals surface area contributed by atoms with E-state index in [0.29, 0.717) is 17.7 Å². The van der Waals surface area contributed by atoms with E-state index in [9.17, 15) is 0 Å². The van der Waals surface area contributed by atoms with Gasteiger partial charge in [-0.15, -0.1) is 5.10 Å². The summed E-state index contributed by atoms with van der Waals surface area (Å²) in [6.45, 7) is 0.357. The van der Waals surface area contributed by atoms with Gasteiger partial charge in [0.25, 0.3) is 0 Å². The Bertz CT molecular complexity index is 384. The van der Waals surface area contributed by atoms with Crippen LogP contribution in [0.2, 0.25) is 0 Å². The van der Waals surface area contributed by atoms with Gasteiger partial charge in [0.2, 0.25) is 5.65 Å². The topological polar surface area (TPSA) is 86.7 Å². The minimum absolute atomic E-state index is 0.357. The van der Waals surface area contributed by atoms with Crippen LogP contribution >= 0.6 is 0 Å². The highest BCUT2D eigenvalue weighted by molar-refractivity contribution is 5.68. The highest BCUT2D eigenvalue weighted by Crippen LogP contribution is 2.06. The normalized spacial score (nSPS) is 10.8. The van der Waals surface area contributed by atoms with Gasteiger partial charge in [-0.05, 0) is 11.6 Å². The van der Waals surface area contributed by atoms with Crippen molar-refractivity contribution < 1.29 is 5.21 Å². The maximum atomic E-state index is 8.42. The lowest BCUT2D eigenvalue weighted by Gasteiger charge is -1.95. The summed E-state index contributed by atoms with van der Waals surface area (Å²) >= 11 is 0. The summed E-state index contributed by atoms with van der Waals surface area (Å²) in [5.74, 6) is 0. The second-order valence-electron chi connectivity index (χ2n) is 2.34. The molecule has 0 spiro atoms. The highest BCUT2D eigenvalue weighted by atomic mass is 16.5. The van der Waals surface area contributed by atoms with Gasteiger partial charge >= 0.3 is 0 Å². The number of fused-ring (bicyclic) bond motifs is 1. The van der Waals surface area contributed by atoms with Gasteiger partial charge in [0.05, 0.1) is 0 Å². The first-order valence-electron chi connectivity index (χ1n) is 3.42. The second kappa shape index (κ2) is 2.84. The molecule has 2 rings (SSSR count). The zero-order chi connectivity index (χ0) is 8.39. The average Bonchev–Trinajstić information content (AvgIpc) is 2.51. The molecule has 0 saturated carbocycles. The van der Waals surface area contributed by atoms with Gasteiger partial charge in [0.15, 0.2) is 0 Å². The van der Waals surface area contributed by atoms with E-state index in [-0.39, 0.29) is 0 Å². The monoisotopic (exact) mass is 165 g/mol. The summed E-state index contributed by atoms with van der Waals surface area (Å²) in [5, 5.41) is 18.5. The Hall–Kier alpha value is -1.53. The van der Waals surface area contributed by atoms with E-state index < -0.39 is 0 Å². The summed E-state index contributed by atoms with van der Waals surface area (Å²) in [5.41, 5.74) is 4.18. The van der Waals surface area contributed by atoms with Crippen LogP contribution in [-0.2, 0) is 6.54 Å². The first kappa shape index (κ1) is 7.14. The quantitative estimate of drug-likeness (QED) is 0.538. The van der Waals surface area contributed by atoms with Crippen molar-refractivity contribution in [2.24, 2.45) is 0 Å². The number of rotatable bonds is 2. The molecule has 2 aromatic rings. The summed E-state index contributed by atoms with van der Waals surface area (Å²) in [4.78, 5) is 4.00. The maximum absolute atomic E-state index is 8.42. The molecule has 2 heterocycles. The first-order chi connectivity index (χ1) is 5.90. The fourth-order valence-electron chi connectivity index (χ4n) is 0.970. The molecule has 0 radical (unpaired) electrons. The van der Waals surface area contributed by atoms with Crippen molar-refractivity contribution in [3.05, 3.63) is 17.8 Å². The Morgan fingerprint density at radius 3 is 3.25 bits per heavy atom. The van der Waals surface area contributed by atoms with Crippen LogP contribution in [0.4, 0.5) is 0 Å². The molecule has 6 nitrogen and oxygen atoms in total. The molecule has 0 unspecified atom stereocenters. The molecule has 0 aliphatic rings. The van der Waals surface area contributed by atoms with Crippen molar-refractivity contribution >= 4 is 11.2 Å². The SMILES string of the molecule is ONCc1cnc2n[nH]nc2c1. The molecule has 0 saturated heterocycles. The number of aromatic amines is 1. The summed E-state index contributed by atoms with van der Waals surface area (Å²) in [6.07, 6.45) is 1.63. The average molecular weight is 165 g/mol. The van der Waals surface area contributed by atoms with Crippen LogP contribution in [-0.4, -0.2) is 25.6 Å². The number of H-pyrrole nitrogens is 1. The number of nitrogens with zero attached hydrogens (tertiary/aromatic N) is 3. The lowest BCUT2D eigenvalue weighted by molar-refractivity contribution is 0.161. The minimum atomic E-state index is 0.357. The predicted molar refractivity (Wildman–Crippen MR) is 40.3 cm³/mol. The van der Waals surface area contributed by atoms with Crippen LogP contribution < -0.4 is 5.48 Å². The van der Waals surface area contributed by atoms with Crippen molar-refractivity contribution in [3.63, 3.8) is 0 Å². The Labute approximate surface area is 67.6 Å². The molecule has 6 heteroatoms. The van der Waals surface area contributed by atoms with Crippen molar-refractivity contribution in [3.8, 4) is 0 Å². The number of hydroxylamine groups is 1. The molecule has 0 aliphatic carbocycles. The predicted octanol–water partition coefficient (Wildman–Crippen LogP) is -0.168. The third kappa shape index (κ3) is 1.13. The number of pyridine rings is 1. The van der Waals surface area contributed by atoms with Gasteiger partial charge in [-0.1, -0.05) is 0 Å². The molecule has 0 amide bonds. The first-order valence-corrected chi connectivity index (χ1v) is 3.42. The van der Waals surface area contributed by atoms with Crippen molar-refractivity contribution in [2.75, 3.05) is 0 Å². The van der Waals surface area contributed by atoms with Gasteiger partial charge in [-0.2, -0.15) is 10.3 Å². The largest absolute Gasteiger partial charge is 0.316 e. The molecular weight excluding hydrogens is 158 g/mol. The Morgan fingerprint density at radius 2 is 2.42 bits per heavy atom. The lowest BCUT2D eigenvalue weighted by atomic mass is 10.3. The molecular formula is C6H7N5O. The van der Waals surface area contributed by atoms with Gasteiger partial charge in [-0.25, -0.2) is 10.5 Å². The zero-order valence-electron chi connectivity index (χ0n) is 6.15. The van der Waals surface area contributed by atoms with E-state index in [2.05, 4.69) is 20.4 Å². The smallest absolute Gasteiger partial charge is 0.201 e. The Morgan fingerprint density at radius 1 is 1.50 bits per heavy atom. The highest BCUT2D eigenvalue weighted by Gasteiger charge is 1.99. The molecule has 0 bridgehead atoms. The van der Waals surface area contributed by atoms with Crippen LogP contribution in [0.5, 0.6) is 0 Å². The molecule has 62 valence electrons. The summed E-state index contributed by atoms with van der Waals surface area (Å²) in [7, 11) is 0. The second-order valence-corrected chi connectivity index (χ2v) is 2.34. The van der Waals surface area contributed by atoms with Crippen molar-refractivity contribution in [1.29, 1.82) is 0 Å². The van der Waals surface area contributed by atoms with E-state index in [4.69, 9.17) is 5.21 Å². The van der Waals surface area contributed by atoms with Crippen molar-refractivity contribution in [2.45, 2.75) is 6.54 Å². The van der Waals surface area contributed by atoms with Gasteiger partial charge in [0, 0.05) is 12.7 Å². The lowest BCUT2D eigenvalue weighted by Crippen LogP contribution is -2.06. The molecule has 3 N–H and O–H groups in total. The third-order valence-corrected chi connectivity index (χ3v) is 1.51. The van der Waals surface area contributed by atoms with Crippen LogP contribution in [0.1, 0.15) is 5.56 Å². The number of nitrogens with one attached hydrogen (secondary N) is 2. The Kier molecular flexibility index (Phi) is 1.69. The fraction of sp³-hybridized carbons (Fsp3) is 0.167. The number of hydrogen-bond donors (Lipinski definition) is 3. The van der Waals surface area contributed by atoms with Crippen molar-refractivity contribution in [1.82, 2.24) is 25.9 Å². The Balaban J connectivity index is 2.46. The molecule has 12 heavy (non-hydrogen) atoms. The van der Waals surface area contributed by atoms with Gasteiger partial charge < -0.3 is 5.21 Å². The van der Waals surface area contributed by atoms with E-state index in [0.717, 1.165) is 5.56 Å². The van der Waals surface area contributed by atoms with Gasteiger partial charge in [0.1, 0.15) is 5.52 Å². The molecule has 2 aromatic heterocycles. The maximum Gasteiger partial charge on any atom is 0.201 e. The molecule has 0 aliphatic heterocycles. The van der Waals surface area contributed by atoms with E-state index in [1.54, 1.807) is 12.3 Å². The van der Waals surface area contributed by atoms with Crippen LogP contribution in [0.3, 0.4) is 0 Å². The van der Waals surface area contributed by atoms with E-state index in [1.807, 2.05) is 5.48 Å². The standard InChI is InChI=1S/C6H7N5O/c12-8-3-4-1-5-6(7-2-4)10-11-9-5/h1-2,8,12H,3H2,(H,7,9,10,11). The summed E-state index contributed by atoms with van der Waals surface area (Å²) < 4.78 is 0. The van der Waals surface area contributed by atoms with Crippen LogP contribution in [0.25, 0.3) is 11.2 Å². The van der Waals surface area contributed by atoms with Crippen LogP contribution in [0, 0.1) is 0 Å². The minimum Gasteiger partial charge on any atom is -0.316 e. The third-order valence-electron chi connectivity index (χ3n) is 1.51. The zero-order valence-corrected chi connectivity index (χ0v) is 6.15. The van der Waals surface area contributed by atoms with Gasteiger partial charge in [-0.3, -0.25) is 0 Å². The number of hydrogen-bond acceptors (Lipinski definition) is 5. The summed E-state index contributed by atoms with van der Waals surface area (Å²) in [6, 6.07) is 1.80. The fourth-order valence-corrected chi connectivity index (χ4v) is 0.970. The van der Waals surface area contributed by atoms with Crippen LogP contribution in [0.15, 0.2) is 12.3 Å². The van der Waals surface area contributed by atoms with E-state index >= 15 is 0 Å². The molecule has 0 fully saturated rings. The van der Waals surface area contributed by atoms with E-state index in [1.165, 1.54) is 0 Å². The molecule has 0 atom stereocenters. The number of aromatic nitrogens is 4. The molecule has 0 aromatic carbocycles.